The maximum Gasteiger partial charge on any atom is 0.227 e. The SMILES string of the molecule is CCCC1(C(=O)NCc2ncn[nH]2)CCCNC1. The lowest BCUT2D eigenvalue weighted by Gasteiger charge is -2.36. The first-order valence-corrected chi connectivity index (χ1v) is 6.60. The molecule has 1 unspecified atom stereocenters. The van der Waals surface area contributed by atoms with Gasteiger partial charge in [-0.25, -0.2) is 4.98 Å². The molecule has 2 rings (SSSR count). The van der Waals surface area contributed by atoms with E-state index in [1.165, 1.54) is 6.33 Å². The van der Waals surface area contributed by atoms with Crippen LogP contribution < -0.4 is 10.6 Å². The van der Waals surface area contributed by atoms with Gasteiger partial charge in [-0.15, -0.1) is 0 Å². The summed E-state index contributed by atoms with van der Waals surface area (Å²) in [5, 5.41) is 12.8. The zero-order valence-electron chi connectivity index (χ0n) is 10.8. The maximum absolute atomic E-state index is 12.4. The first-order valence-electron chi connectivity index (χ1n) is 6.60. The molecule has 0 spiro atoms. The number of piperidine rings is 1. The Kier molecular flexibility index (Phi) is 4.30. The Morgan fingerprint density at radius 1 is 1.61 bits per heavy atom. The van der Waals surface area contributed by atoms with E-state index in [1.54, 1.807) is 0 Å². The van der Waals surface area contributed by atoms with E-state index in [0.717, 1.165) is 38.8 Å². The fourth-order valence-corrected chi connectivity index (χ4v) is 2.63. The van der Waals surface area contributed by atoms with E-state index in [-0.39, 0.29) is 11.3 Å². The minimum absolute atomic E-state index is 0.132. The molecule has 1 amide bonds. The van der Waals surface area contributed by atoms with Crippen LogP contribution in [-0.4, -0.2) is 34.2 Å². The lowest BCUT2D eigenvalue weighted by atomic mass is 9.76. The summed E-state index contributed by atoms with van der Waals surface area (Å²) in [4.78, 5) is 16.4. The van der Waals surface area contributed by atoms with Crippen molar-refractivity contribution in [2.24, 2.45) is 5.41 Å². The standard InChI is InChI=1S/C12H21N5O/c1-2-4-12(5-3-6-13-8-12)11(18)14-7-10-15-9-16-17-10/h9,13H,2-8H2,1H3,(H,14,18)(H,15,16,17). The fraction of sp³-hybridized carbons (Fsp3) is 0.750. The lowest BCUT2D eigenvalue weighted by Crippen LogP contribution is -2.50. The molecule has 1 aromatic heterocycles. The predicted octanol–water partition coefficient (Wildman–Crippen LogP) is 0.591. The summed E-state index contributed by atoms with van der Waals surface area (Å²) in [7, 11) is 0. The Hall–Kier alpha value is -1.43. The molecule has 6 heteroatoms. The monoisotopic (exact) mass is 251 g/mol. The number of nitrogens with one attached hydrogen (secondary N) is 3. The second kappa shape index (κ2) is 5.95. The van der Waals surface area contributed by atoms with Crippen LogP contribution in [0.2, 0.25) is 0 Å². The van der Waals surface area contributed by atoms with Crippen molar-refractivity contribution in [3.8, 4) is 0 Å². The van der Waals surface area contributed by atoms with Crippen LogP contribution in [0.1, 0.15) is 38.4 Å². The van der Waals surface area contributed by atoms with E-state index in [9.17, 15) is 4.79 Å². The molecular formula is C12H21N5O. The van der Waals surface area contributed by atoms with Gasteiger partial charge >= 0.3 is 0 Å². The molecule has 3 N–H and O–H groups in total. The van der Waals surface area contributed by atoms with Crippen LogP contribution in [0.3, 0.4) is 0 Å². The zero-order chi connectivity index (χ0) is 12.8. The Balaban J connectivity index is 1.95. The summed E-state index contributed by atoms with van der Waals surface area (Å²) in [5.74, 6) is 0.826. The molecule has 1 aliphatic rings. The van der Waals surface area contributed by atoms with Crippen LogP contribution in [0.5, 0.6) is 0 Å². The third-order valence-corrected chi connectivity index (χ3v) is 3.56. The Labute approximate surface area is 107 Å². The molecule has 1 aromatic rings. The number of H-pyrrole nitrogens is 1. The van der Waals surface area contributed by atoms with E-state index in [1.807, 2.05) is 0 Å². The zero-order valence-corrected chi connectivity index (χ0v) is 10.8. The number of hydrogen-bond acceptors (Lipinski definition) is 4. The van der Waals surface area contributed by atoms with Gasteiger partial charge in [0.25, 0.3) is 0 Å². The number of aromatic amines is 1. The van der Waals surface area contributed by atoms with Crippen molar-refractivity contribution in [1.82, 2.24) is 25.8 Å². The molecule has 0 bridgehead atoms. The quantitative estimate of drug-likeness (QED) is 0.715. The average molecular weight is 251 g/mol. The Morgan fingerprint density at radius 2 is 2.50 bits per heavy atom. The smallest absolute Gasteiger partial charge is 0.227 e. The van der Waals surface area contributed by atoms with Crippen LogP contribution in [-0.2, 0) is 11.3 Å². The highest BCUT2D eigenvalue weighted by Crippen LogP contribution is 2.31. The minimum atomic E-state index is -0.243. The molecule has 1 saturated heterocycles. The van der Waals surface area contributed by atoms with Crippen molar-refractivity contribution >= 4 is 5.91 Å². The van der Waals surface area contributed by atoms with Crippen molar-refractivity contribution in [3.05, 3.63) is 12.2 Å². The summed E-state index contributed by atoms with van der Waals surface area (Å²) < 4.78 is 0. The molecule has 2 heterocycles. The molecule has 0 aliphatic carbocycles. The highest BCUT2D eigenvalue weighted by Gasteiger charge is 2.38. The van der Waals surface area contributed by atoms with Gasteiger partial charge in [-0.3, -0.25) is 9.89 Å². The van der Waals surface area contributed by atoms with Gasteiger partial charge in [-0.1, -0.05) is 13.3 Å². The molecule has 6 nitrogen and oxygen atoms in total. The molecule has 1 fully saturated rings. The molecule has 100 valence electrons. The van der Waals surface area contributed by atoms with Crippen LogP contribution in [0.4, 0.5) is 0 Å². The van der Waals surface area contributed by atoms with Gasteiger partial charge in [0.2, 0.25) is 5.91 Å². The molecular weight excluding hydrogens is 230 g/mol. The third kappa shape index (κ3) is 2.87. The van der Waals surface area contributed by atoms with E-state index >= 15 is 0 Å². The minimum Gasteiger partial charge on any atom is -0.348 e. The summed E-state index contributed by atoms with van der Waals surface area (Å²) in [6, 6.07) is 0. The maximum atomic E-state index is 12.4. The number of rotatable bonds is 5. The largest absolute Gasteiger partial charge is 0.348 e. The van der Waals surface area contributed by atoms with Gasteiger partial charge in [0.1, 0.15) is 12.2 Å². The second-order valence-corrected chi connectivity index (χ2v) is 4.93. The normalized spacial score (nSPS) is 23.8. The highest BCUT2D eigenvalue weighted by atomic mass is 16.2. The van der Waals surface area contributed by atoms with Gasteiger partial charge in [0, 0.05) is 6.54 Å². The van der Waals surface area contributed by atoms with Crippen molar-refractivity contribution in [2.45, 2.75) is 39.2 Å². The summed E-state index contributed by atoms with van der Waals surface area (Å²) >= 11 is 0. The van der Waals surface area contributed by atoms with E-state index in [4.69, 9.17) is 0 Å². The lowest BCUT2D eigenvalue weighted by molar-refractivity contribution is -0.132. The van der Waals surface area contributed by atoms with Crippen LogP contribution in [0.15, 0.2) is 6.33 Å². The van der Waals surface area contributed by atoms with Crippen LogP contribution in [0, 0.1) is 5.41 Å². The number of nitrogens with zero attached hydrogens (tertiary/aromatic N) is 2. The Bertz CT molecular complexity index is 364. The van der Waals surface area contributed by atoms with Gasteiger partial charge < -0.3 is 10.6 Å². The molecule has 1 aliphatic heterocycles. The fourth-order valence-electron chi connectivity index (χ4n) is 2.63. The first kappa shape index (κ1) is 13.0. The topological polar surface area (TPSA) is 82.7 Å². The van der Waals surface area contributed by atoms with Crippen molar-refractivity contribution in [2.75, 3.05) is 13.1 Å². The second-order valence-electron chi connectivity index (χ2n) is 4.93. The highest BCUT2D eigenvalue weighted by molar-refractivity contribution is 5.82. The average Bonchev–Trinajstić information content (AvgIpc) is 2.90. The van der Waals surface area contributed by atoms with Gasteiger partial charge in [0.05, 0.1) is 12.0 Å². The van der Waals surface area contributed by atoms with Crippen molar-refractivity contribution < 1.29 is 4.79 Å². The van der Waals surface area contributed by atoms with Crippen LogP contribution in [0.25, 0.3) is 0 Å². The van der Waals surface area contributed by atoms with Gasteiger partial charge in [-0.05, 0) is 25.8 Å². The first-order chi connectivity index (χ1) is 8.77. The molecule has 18 heavy (non-hydrogen) atoms. The number of carbonyl (C=O) groups excluding carboxylic acids is 1. The summed E-state index contributed by atoms with van der Waals surface area (Å²) in [6.45, 7) is 4.34. The van der Waals surface area contributed by atoms with Crippen LogP contribution >= 0.6 is 0 Å². The number of aromatic nitrogens is 3. The molecule has 0 aromatic carbocycles. The van der Waals surface area contributed by atoms with Gasteiger partial charge in [-0.2, -0.15) is 5.10 Å². The number of carbonyl (C=O) groups is 1. The molecule has 1 atom stereocenters. The van der Waals surface area contributed by atoms with Crippen molar-refractivity contribution in [3.63, 3.8) is 0 Å². The third-order valence-electron chi connectivity index (χ3n) is 3.56. The van der Waals surface area contributed by atoms with Gasteiger partial charge in [0.15, 0.2) is 0 Å². The summed E-state index contributed by atoms with van der Waals surface area (Å²) in [6.07, 6.45) is 5.44. The molecule has 0 radical (unpaired) electrons. The predicted molar refractivity (Wildman–Crippen MR) is 67.7 cm³/mol. The molecule has 0 saturated carbocycles. The van der Waals surface area contributed by atoms with Crippen molar-refractivity contribution in [1.29, 1.82) is 0 Å². The van der Waals surface area contributed by atoms with E-state index in [2.05, 4.69) is 32.7 Å². The number of hydrogen-bond donors (Lipinski definition) is 3. The van der Waals surface area contributed by atoms with E-state index < -0.39 is 0 Å². The summed E-state index contributed by atoms with van der Waals surface area (Å²) in [5.41, 5.74) is -0.243. The Morgan fingerprint density at radius 3 is 3.11 bits per heavy atom. The van der Waals surface area contributed by atoms with E-state index in [0.29, 0.717) is 12.4 Å². The number of amides is 1.